The van der Waals surface area contributed by atoms with E-state index in [1.165, 1.54) is 5.56 Å². The molecule has 0 atom stereocenters. The van der Waals surface area contributed by atoms with Gasteiger partial charge in [0.2, 0.25) is 5.76 Å². The number of rotatable bonds is 5. The van der Waals surface area contributed by atoms with Crippen LogP contribution in [0, 0.1) is 0 Å². The van der Waals surface area contributed by atoms with Crippen molar-refractivity contribution in [3.05, 3.63) is 65.9 Å². The normalized spacial score (nSPS) is 15.2. The molecule has 0 bridgehead atoms. The van der Waals surface area contributed by atoms with Gasteiger partial charge in [-0.3, -0.25) is 4.90 Å². The third kappa shape index (κ3) is 3.98. The number of piperazine rings is 1. The number of hydrogen-bond donors (Lipinski definition) is 0. The highest BCUT2D eigenvalue weighted by Crippen LogP contribution is 2.26. The first-order chi connectivity index (χ1) is 13.2. The SMILES string of the molecule is CCOC(=O)c1cc2ccc(N3CCN(Cc4ccccc4)CC3)cc2o1. The van der Waals surface area contributed by atoms with Crippen LogP contribution in [0.1, 0.15) is 23.0 Å². The van der Waals surface area contributed by atoms with Crippen molar-refractivity contribution in [2.45, 2.75) is 13.5 Å². The highest BCUT2D eigenvalue weighted by atomic mass is 16.5. The van der Waals surface area contributed by atoms with Crippen LogP contribution in [0.25, 0.3) is 11.0 Å². The molecular formula is C22H24N2O3. The minimum Gasteiger partial charge on any atom is -0.460 e. The Kier molecular flexibility index (Phi) is 5.12. The zero-order valence-electron chi connectivity index (χ0n) is 15.6. The van der Waals surface area contributed by atoms with Crippen molar-refractivity contribution in [1.82, 2.24) is 4.90 Å². The molecule has 1 fully saturated rings. The fourth-order valence-electron chi connectivity index (χ4n) is 3.53. The number of carbonyl (C=O) groups is 1. The Morgan fingerprint density at radius 1 is 1.04 bits per heavy atom. The molecule has 5 heteroatoms. The zero-order chi connectivity index (χ0) is 18.6. The summed E-state index contributed by atoms with van der Waals surface area (Å²) in [5.41, 5.74) is 3.21. The van der Waals surface area contributed by atoms with Crippen molar-refractivity contribution >= 4 is 22.6 Å². The van der Waals surface area contributed by atoms with Gasteiger partial charge in [0.25, 0.3) is 0 Å². The van der Waals surface area contributed by atoms with Gasteiger partial charge in [0.05, 0.1) is 6.61 Å². The summed E-state index contributed by atoms with van der Waals surface area (Å²) in [5.74, 6) is -0.151. The minimum atomic E-state index is -0.412. The van der Waals surface area contributed by atoms with Gasteiger partial charge in [-0.2, -0.15) is 0 Å². The van der Waals surface area contributed by atoms with Gasteiger partial charge in [0.1, 0.15) is 5.58 Å². The summed E-state index contributed by atoms with van der Waals surface area (Å²) in [6.07, 6.45) is 0. The second kappa shape index (κ2) is 7.84. The Balaban J connectivity index is 1.42. The molecule has 0 amide bonds. The van der Waals surface area contributed by atoms with E-state index in [1.54, 1.807) is 13.0 Å². The molecule has 0 spiro atoms. The van der Waals surface area contributed by atoms with Crippen LogP contribution in [0.2, 0.25) is 0 Å². The number of hydrogen-bond acceptors (Lipinski definition) is 5. The first-order valence-corrected chi connectivity index (χ1v) is 9.45. The molecule has 0 unspecified atom stereocenters. The van der Waals surface area contributed by atoms with Crippen LogP contribution in [-0.2, 0) is 11.3 Å². The maximum Gasteiger partial charge on any atom is 0.374 e. The topological polar surface area (TPSA) is 45.9 Å². The number of ether oxygens (including phenoxy) is 1. The van der Waals surface area contributed by atoms with Crippen molar-refractivity contribution in [2.75, 3.05) is 37.7 Å². The zero-order valence-corrected chi connectivity index (χ0v) is 15.6. The second-order valence-electron chi connectivity index (χ2n) is 6.80. The standard InChI is InChI=1S/C22H24N2O3/c1-2-26-22(25)21-14-18-8-9-19(15-20(18)27-21)24-12-10-23(11-13-24)16-17-6-4-3-5-7-17/h3-9,14-15H,2,10-13,16H2,1H3. The Morgan fingerprint density at radius 2 is 1.81 bits per heavy atom. The predicted molar refractivity (Wildman–Crippen MR) is 106 cm³/mol. The molecule has 27 heavy (non-hydrogen) atoms. The third-order valence-electron chi connectivity index (χ3n) is 4.97. The third-order valence-corrected chi connectivity index (χ3v) is 4.97. The summed E-state index contributed by atoms with van der Waals surface area (Å²) < 4.78 is 10.7. The Bertz CT molecular complexity index is 912. The summed E-state index contributed by atoms with van der Waals surface area (Å²) in [6, 6.07) is 18.5. The molecule has 140 valence electrons. The van der Waals surface area contributed by atoms with E-state index in [0.717, 1.165) is 49.4 Å². The molecule has 1 aliphatic heterocycles. The van der Waals surface area contributed by atoms with E-state index in [0.29, 0.717) is 6.61 Å². The number of fused-ring (bicyclic) bond motifs is 1. The summed E-state index contributed by atoms with van der Waals surface area (Å²) >= 11 is 0. The van der Waals surface area contributed by atoms with E-state index >= 15 is 0 Å². The van der Waals surface area contributed by atoms with E-state index in [1.807, 2.05) is 12.1 Å². The average Bonchev–Trinajstić information content (AvgIpc) is 3.13. The summed E-state index contributed by atoms with van der Waals surface area (Å²) in [7, 11) is 0. The maximum absolute atomic E-state index is 11.9. The Morgan fingerprint density at radius 3 is 2.56 bits per heavy atom. The molecule has 5 nitrogen and oxygen atoms in total. The van der Waals surface area contributed by atoms with Gasteiger partial charge >= 0.3 is 5.97 Å². The maximum atomic E-state index is 11.9. The highest BCUT2D eigenvalue weighted by Gasteiger charge is 2.19. The molecular weight excluding hydrogens is 340 g/mol. The molecule has 2 aromatic carbocycles. The lowest BCUT2D eigenvalue weighted by atomic mass is 10.1. The number of nitrogens with zero attached hydrogens (tertiary/aromatic N) is 2. The van der Waals surface area contributed by atoms with Gasteiger partial charge in [-0.15, -0.1) is 0 Å². The summed E-state index contributed by atoms with van der Waals surface area (Å²) in [5, 5.41) is 0.921. The largest absolute Gasteiger partial charge is 0.460 e. The van der Waals surface area contributed by atoms with Crippen molar-refractivity contribution < 1.29 is 13.9 Å². The van der Waals surface area contributed by atoms with Crippen LogP contribution < -0.4 is 4.90 Å². The number of carbonyl (C=O) groups excluding carboxylic acids is 1. The smallest absolute Gasteiger partial charge is 0.374 e. The van der Waals surface area contributed by atoms with Crippen LogP contribution >= 0.6 is 0 Å². The number of esters is 1. The summed E-state index contributed by atoms with van der Waals surface area (Å²) in [4.78, 5) is 16.7. The molecule has 1 saturated heterocycles. The average molecular weight is 364 g/mol. The van der Waals surface area contributed by atoms with Crippen molar-refractivity contribution in [1.29, 1.82) is 0 Å². The van der Waals surface area contributed by atoms with Crippen LogP contribution in [0.15, 0.2) is 59.0 Å². The van der Waals surface area contributed by atoms with Crippen LogP contribution in [0.3, 0.4) is 0 Å². The van der Waals surface area contributed by atoms with Gasteiger partial charge in [0, 0.05) is 49.9 Å². The van der Waals surface area contributed by atoms with Gasteiger partial charge in [-0.25, -0.2) is 4.79 Å². The first-order valence-electron chi connectivity index (χ1n) is 9.45. The van der Waals surface area contributed by atoms with Crippen LogP contribution in [0.5, 0.6) is 0 Å². The lowest BCUT2D eigenvalue weighted by Gasteiger charge is -2.36. The summed E-state index contributed by atoms with van der Waals surface area (Å²) in [6.45, 7) is 7.13. The Hall–Kier alpha value is -2.79. The lowest BCUT2D eigenvalue weighted by Crippen LogP contribution is -2.45. The van der Waals surface area contributed by atoms with Gasteiger partial charge in [-0.05, 0) is 30.7 Å². The fraction of sp³-hybridized carbons (Fsp3) is 0.318. The van der Waals surface area contributed by atoms with Gasteiger partial charge < -0.3 is 14.1 Å². The van der Waals surface area contributed by atoms with E-state index in [4.69, 9.17) is 9.15 Å². The molecule has 0 N–H and O–H groups in total. The quantitative estimate of drug-likeness (QED) is 0.642. The first kappa shape index (κ1) is 17.6. The van der Waals surface area contributed by atoms with E-state index in [9.17, 15) is 4.79 Å². The predicted octanol–water partition coefficient (Wildman–Crippen LogP) is 3.93. The van der Waals surface area contributed by atoms with Gasteiger partial charge in [0.15, 0.2) is 0 Å². The number of furan rings is 1. The van der Waals surface area contributed by atoms with E-state index in [-0.39, 0.29) is 5.76 Å². The molecule has 4 rings (SSSR count). The molecule has 1 aromatic heterocycles. The highest BCUT2D eigenvalue weighted by molar-refractivity contribution is 5.93. The van der Waals surface area contributed by atoms with Crippen LogP contribution in [0.4, 0.5) is 5.69 Å². The monoisotopic (exact) mass is 364 g/mol. The van der Waals surface area contributed by atoms with E-state index < -0.39 is 5.97 Å². The van der Waals surface area contributed by atoms with E-state index in [2.05, 4.69) is 46.2 Å². The number of benzene rings is 2. The molecule has 0 aliphatic carbocycles. The Labute approximate surface area is 159 Å². The van der Waals surface area contributed by atoms with Crippen molar-refractivity contribution in [3.63, 3.8) is 0 Å². The minimum absolute atomic E-state index is 0.261. The molecule has 0 radical (unpaired) electrons. The van der Waals surface area contributed by atoms with Crippen LogP contribution in [-0.4, -0.2) is 43.7 Å². The fourth-order valence-corrected chi connectivity index (χ4v) is 3.53. The molecule has 2 heterocycles. The van der Waals surface area contributed by atoms with Gasteiger partial charge in [-0.1, -0.05) is 30.3 Å². The molecule has 0 saturated carbocycles. The second-order valence-corrected chi connectivity index (χ2v) is 6.80. The number of anilines is 1. The molecule has 1 aliphatic rings. The van der Waals surface area contributed by atoms with Crippen molar-refractivity contribution in [2.24, 2.45) is 0 Å². The lowest BCUT2D eigenvalue weighted by molar-refractivity contribution is 0.0492. The van der Waals surface area contributed by atoms with Crippen molar-refractivity contribution in [3.8, 4) is 0 Å². The molecule has 3 aromatic rings.